The molecular formula is C21H26FN3O2. The van der Waals surface area contributed by atoms with Crippen LogP contribution in [0.25, 0.3) is 0 Å². The highest BCUT2D eigenvalue weighted by molar-refractivity contribution is 5.77. The number of anilines is 1. The maximum atomic E-state index is 13.1. The van der Waals surface area contributed by atoms with E-state index in [4.69, 9.17) is 4.74 Å². The number of benzene rings is 2. The topological polar surface area (TPSA) is 44.8 Å². The van der Waals surface area contributed by atoms with Gasteiger partial charge in [0.15, 0.2) is 6.61 Å². The molecule has 5 nitrogen and oxygen atoms in total. The summed E-state index contributed by atoms with van der Waals surface area (Å²) in [6, 6.07) is 16.5. The highest BCUT2D eigenvalue weighted by Gasteiger charge is 2.21. The molecular weight excluding hydrogens is 345 g/mol. The summed E-state index contributed by atoms with van der Waals surface area (Å²) in [6.07, 6.45) is 0. The van der Waals surface area contributed by atoms with Gasteiger partial charge in [-0.1, -0.05) is 24.3 Å². The maximum Gasteiger partial charge on any atom is 0.257 e. The molecule has 0 aromatic heterocycles. The summed E-state index contributed by atoms with van der Waals surface area (Å²) in [4.78, 5) is 16.7. The predicted molar refractivity (Wildman–Crippen MR) is 105 cm³/mol. The van der Waals surface area contributed by atoms with Gasteiger partial charge in [0.2, 0.25) is 0 Å². The molecule has 1 fully saturated rings. The molecule has 1 aliphatic heterocycles. The Morgan fingerprint density at radius 1 is 1.11 bits per heavy atom. The summed E-state index contributed by atoms with van der Waals surface area (Å²) < 4.78 is 18.4. The fourth-order valence-corrected chi connectivity index (χ4v) is 3.21. The number of amides is 1. The molecule has 2 aromatic rings. The van der Waals surface area contributed by atoms with E-state index >= 15 is 0 Å². The van der Waals surface area contributed by atoms with Crippen molar-refractivity contribution in [2.45, 2.75) is 13.0 Å². The first-order valence-corrected chi connectivity index (χ1v) is 9.31. The highest BCUT2D eigenvalue weighted by atomic mass is 19.1. The minimum Gasteiger partial charge on any atom is -0.484 e. The number of halogens is 1. The molecule has 0 radical (unpaired) electrons. The SMILES string of the molecule is CC(CNC(=O)COc1cccc(F)c1)N1CCN(c2ccccc2)CC1. The van der Waals surface area contributed by atoms with Crippen molar-refractivity contribution >= 4 is 11.6 Å². The van der Waals surface area contributed by atoms with E-state index in [-0.39, 0.29) is 24.4 Å². The molecule has 0 bridgehead atoms. The molecule has 1 heterocycles. The van der Waals surface area contributed by atoms with E-state index in [2.05, 4.69) is 46.3 Å². The Bertz CT molecular complexity index is 733. The van der Waals surface area contributed by atoms with Crippen LogP contribution in [0, 0.1) is 5.82 Å². The van der Waals surface area contributed by atoms with E-state index in [1.165, 1.54) is 17.8 Å². The normalized spacial score (nSPS) is 16.0. The summed E-state index contributed by atoms with van der Waals surface area (Å²) in [7, 11) is 0. The molecule has 0 aliphatic carbocycles. The number of carbonyl (C=O) groups is 1. The lowest BCUT2D eigenvalue weighted by atomic mass is 10.2. The van der Waals surface area contributed by atoms with Gasteiger partial charge >= 0.3 is 0 Å². The Balaban J connectivity index is 1.37. The van der Waals surface area contributed by atoms with Crippen LogP contribution in [0.15, 0.2) is 54.6 Å². The van der Waals surface area contributed by atoms with E-state index in [1.807, 2.05) is 6.07 Å². The Labute approximate surface area is 159 Å². The first-order valence-electron chi connectivity index (χ1n) is 9.31. The van der Waals surface area contributed by atoms with Crippen molar-refractivity contribution in [3.63, 3.8) is 0 Å². The summed E-state index contributed by atoms with van der Waals surface area (Å²) in [5.74, 6) is -0.222. The second-order valence-corrected chi connectivity index (χ2v) is 6.76. The minimum absolute atomic E-state index is 0.113. The Hall–Kier alpha value is -2.60. The van der Waals surface area contributed by atoms with Crippen LogP contribution in [0.3, 0.4) is 0 Å². The molecule has 1 atom stereocenters. The number of piperazine rings is 1. The van der Waals surface area contributed by atoms with Crippen molar-refractivity contribution in [1.82, 2.24) is 10.2 Å². The number of nitrogens with one attached hydrogen (secondary N) is 1. The van der Waals surface area contributed by atoms with Crippen LogP contribution >= 0.6 is 0 Å². The number of hydrogen-bond acceptors (Lipinski definition) is 4. The quantitative estimate of drug-likeness (QED) is 0.812. The van der Waals surface area contributed by atoms with Crippen molar-refractivity contribution in [2.75, 3.05) is 44.2 Å². The molecule has 1 N–H and O–H groups in total. The van der Waals surface area contributed by atoms with Gasteiger partial charge in [-0.25, -0.2) is 4.39 Å². The van der Waals surface area contributed by atoms with E-state index in [0.717, 1.165) is 26.2 Å². The molecule has 0 spiro atoms. The lowest BCUT2D eigenvalue weighted by Crippen LogP contribution is -2.52. The van der Waals surface area contributed by atoms with Crippen molar-refractivity contribution < 1.29 is 13.9 Å². The number of ether oxygens (including phenoxy) is 1. The third kappa shape index (κ3) is 5.69. The zero-order valence-corrected chi connectivity index (χ0v) is 15.6. The van der Waals surface area contributed by atoms with Crippen LogP contribution in [-0.2, 0) is 4.79 Å². The van der Waals surface area contributed by atoms with Gasteiger partial charge in [0.1, 0.15) is 11.6 Å². The van der Waals surface area contributed by atoms with Crippen LogP contribution in [0.1, 0.15) is 6.92 Å². The summed E-state index contributed by atoms with van der Waals surface area (Å²) in [6.45, 7) is 6.45. The van der Waals surface area contributed by atoms with E-state index in [1.54, 1.807) is 12.1 Å². The van der Waals surface area contributed by atoms with Crippen LogP contribution in [-0.4, -0.2) is 56.2 Å². The number of hydrogen-bond donors (Lipinski definition) is 1. The molecule has 27 heavy (non-hydrogen) atoms. The van der Waals surface area contributed by atoms with E-state index in [0.29, 0.717) is 12.3 Å². The fraction of sp³-hybridized carbons (Fsp3) is 0.381. The standard InChI is InChI=1S/C21H26FN3O2/c1-17(15-23-21(26)16-27-20-9-5-6-18(22)14-20)24-10-12-25(13-11-24)19-7-3-2-4-8-19/h2-9,14,17H,10-13,15-16H2,1H3,(H,23,26). The van der Waals surface area contributed by atoms with Crippen molar-refractivity contribution in [1.29, 1.82) is 0 Å². The molecule has 1 unspecified atom stereocenters. The van der Waals surface area contributed by atoms with Gasteiger partial charge in [-0.15, -0.1) is 0 Å². The lowest BCUT2D eigenvalue weighted by molar-refractivity contribution is -0.123. The Morgan fingerprint density at radius 2 is 1.85 bits per heavy atom. The molecule has 3 rings (SSSR count). The Kier molecular flexibility index (Phi) is 6.65. The smallest absolute Gasteiger partial charge is 0.257 e. The molecule has 1 saturated heterocycles. The zero-order valence-electron chi connectivity index (χ0n) is 15.6. The summed E-state index contributed by atoms with van der Waals surface area (Å²) in [5, 5.41) is 2.89. The van der Waals surface area contributed by atoms with Gasteiger partial charge in [0.25, 0.3) is 5.91 Å². The van der Waals surface area contributed by atoms with Crippen molar-refractivity contribution in [3.8, 4) is 5.75 Å². The predicted octanol–water partition coefficient (Wildman–Crippen LogP) is 2.53. The van der Waals surface area contributed by atoms with Crippen LogP contribution in [0.5, 0.6) is 5.75 Å². The zero-order chi connectivity index (χ0) is 19.1. The monoisotopic (exact) mass is 371 g/mol. The molecule has 6 heteroatoms. The second kappa shape index (κ2) is 9.37. The third-order valence-electron chi connectivity index (χ3n) is 4.82. The van der Waals surface area contributed by atoms with Gasteiger partial charge in [-0.05, 0) is 31.2 Å². The number of nitrogens with zero attached hydrogens (tertiary/aromatic N) is 2. The molecule has 2 aromatic carbocycles. The molecule has 1 aliphatic rings. The Morgan fingerprint density at radius 3 is 2.56 bits per heavy atom. The largest absolute Gasteiger partial charge is 0.484 e. The number of carbonyl (C=O) groups excluding carboxylic acids is 1. The molecule has 144 valence electrons. The van der Waals surface area contributed by atoms with Crippen molar-refractivity contribution in [3.05, 3.63) is 60.4 Å². The van der Waals surface area contributed by atoms with E-state index < -0.39 is 0 Å². The summed E-state index contributed by atoms with van der Waals surface area (Å²) >= 11 is 0. The minimum atomic E-state index is -0.379. The van der Waals surface area contributed by atoms with Crippen LogP contribution < -0.4 is 15.0 Å². The number of rotatable bonds is 7. The third-order valence-corrected chi connectivity index (χ3v) is 4.82. The van der Waals surface area contributed by atoms with Gasteiger partial charge in [0.05, 0.1) is 0 Å². The summed E-state index contributed by atoms with van der Waals surface area (Å²) in [5.41, 5.74) is 1.26. The van der Waals surface area contributed by atoms with Gasteiger partial charge in [0, 0.05) is 50.5 Å². The maximum absolute atomic E-state index is 13.1. The van der Waals surface area contributed by atoms with E-state index in [9.17, 15) is 9.18 Å². The average Bonchev–Trinajstić information content (AvgIpc) is 2.71. The van der Waals surface area contributed by atoms with Crippen molar-refractivity contribution in [2.24, 2.45) is 0 Å². The highest BCUT2D eigenvalue weighted by Crippen LogP contribution is 2.16. The van der Waals surface area contributed by atoms with Gasteiger partial charge in [-0.2, -0.15) is 0 Å². The number of para-hydroxylation sites is 1. The first kappa shape index (κ1) is 19.2. The lowest BCUT2D eigenvalue weighted by Gasteiger charge is -2.39. The van der Waals surface area contributed by atoms with Gasteiger partial charge in [-0.3, -0.25) is 9.69 Å². The van der Waals surface area contributed by atoms with Crippen LogP contribution in [0.2, 0.25) is 0 Å². The average molecular weight is 371 g/mol. The fourth-order valence-electron chi connectivity index (χ4n) is 3.21. The van der Waals surface area contributed by atoms with Gasteiger partial charge < -0.3 is 15.0 Å². The molecule has 0 saturated carbocycles. The second-order valence-electron chi connectivity index (χ2n) is 6.76. The first-order chi connectivity index (χ1) is 13.1. The molecule has 1 amide bonds. The van der Waals surface area contributed by atoms with Crippen LogP contribution in [0.4, 0.5) is 10.1 Å².